The summed E-state index contributed by atoms with van der Waals surface area (Å²) in [5.74, 6) is -2.95. The summed E-state index contributed by atoms with van der Waals surface area (Å²) in [5, 5.41) is 2.62. The van der Waals surface area contributed by atoms with Crippen LogP contribution in [-0.2, 0) is 15.7 Å². The quantitative estimate of drug-likeness (QED) is 0.491. The Labute approximate surface area is 179 Å². The van der Waals surface area contributed by atoms with Gasteiger partial charge in [0, 0.05) is 30.5 Å². The summed E-state index contributed by atoms with van der Waals surface area (Å²) in [5.41, 5.74) is -2.11. The largest absolute Gasteiger partial charge is 0.435 e. The molecule has 0 spiro atoms. The summed E-state index contributed by atoms with van der Waals surface area (Å²) in [4.78, 5) is 42.5. The molecule has 2 aromatic heterocycles. The Hall–Kier alpha value is -3.73. The van der Waals surface area contributed by atoms with Gasteiger partial charge in [-0.05, 0) is 24.3 Å². The van der Waals surface area contributed by atoms with Crippen LogP contribution >= 0.6 is 0 Å². The lowest BCUT2D eigenvalue weighted by molar-refractivity contribution is -0.141. The zero-order valence-corrected chi connectivity index (χ0v) is 16.6. The molecular weight excluding hydrogens is 429 g/mol. The van der Waals surface area contributed by atoms with Crippen LogP contribution < -0.4 is 5.32 Å². The van der Waals surface area contributed by atoms with Crippen LogP contribution in [0.25, 0.3) is 5.65 Å². The van der Waals surface area contributed by atoms with Crippen molar-refractivity contribution in [1.29, 1.82) is 0 Å². The van der Waals surface area contributed by atoms with Gasteiger partial charge in [0.2, 0.25) is 0 Å². The van der Waals surface area contributed by atoms with Crippen molar-refractivity contribution in [2.75, 3.05) is 31.6 Å². The van der Waals surface area contributed by atoms with Crippen LogP contribution in [0.15, 0.2) is 48.7 Å². The SMILES string of the molecule is O=C(Nc1ccccc1)c1ccn2c(C(=O)C(=O)N3CCOCC3)c(C(F)(F)F)nc2c1. The molecular formula is C21H17F3N4O4. The number of pyridine rings is 1. The predicted octanol–water partition coefficient (Wildman–Crippen LogP) is 2.65. The fourth-order valence-electron chi connectivity index (χ4n) is 3.34. The van der Waals surface area contributed by atoms with Gasteiger partial charge < -0.3 is 15.0 Å². The van der Waals surface area contributed by atoms with E-state index in [1.54, 1.807) is 30.3 Å². The van der Waals surface area contributed by atoms with E-state index >= 15 is 0 Å². The first-order valence-electron chi connectivity index (χ1n) is 9.63. The number of carbonyl (C=O) groups excluding carboxylic acids is 3. The highest BCUT2D eigenvalue weighted by atomic mass is 19.4. The van der Waals surface area contributed by atoms with E-state index < -0.39 is 35.2 Å². The highest BCUT2D eigenvalue weighted by Crippen LogP contribution is 2.32. The second-order valence-electron chi connectivity index (χ2n) is 7.00. The molecule has 1 aliphatic heterocycles. The minimum Gasteiger partial charge on any atom is -0.378 e. The lowest BCUT2D eigenvalue weighted by Crippen LogP contribution is -2.44. The molecule has 32 heavy (non-hydrogen) atoms. The van der Waals surface area contributed by atoms with Crippen LogP contribution in [0, 0.1) is 0 Å². The van der Waals surface area contributed by atoms with Gasteiger partial charge in [0.1, 0.15) is 11.3 Å². The molecule has 8 nitrogen and oxygen atoms in total. The number of halogens is 3. The second-order valence-corrected chi connectivity index (χ2v) is 7.00. The Morgan fingerprint density at radius 2 is 1.72 bits per heavy atom. The van der Waals surface area contributed by atoms with Crippen molar-refractivity contribution in [2.45, 2.75) is 6.18 Å². The molecule has 0 aliphatic carbocycles. The minimum absolute atomic E-state index is 0.0404. The number of hydrogen-bond acceptors (Lipinski definition) is 5. The number of rotatable bonds is 4. The Kier molecular flexibility index (Phi) is 5.66. The molecule has 0 atom stereocenters. The van der Waals surface area contributed by atoms with Gasteiger partial charge in [-0.2, -0.15) is 13.2 Å². The first kappa shape index (κ1) is 21.5. The third-order valence-electron chi connectivity index (χ3n) is 4.90. The van der Waals surface area contributed by atoms with Crippen LogP contribution in [0.2, 0.25) is 0 Å². The van der Waals surface area contributed by atoms with Gasteiger partial charge in [0.25, 0.3) is 17.6 Å². The van der Waals surface area contributed by atoms with Crippen molar-refractivity contribution in [3.63, 3.8) is 0 Å². The van der Waals surface area contributed by atoms with Crippen molar-refractivity contribution in [1.82, 2.24) is 14.3 Å². The van der Waals surface area contributed by atoms with E-state index in [-0.39, 0.29) is 37.5 Å². The molecule has 0 unspecified atom stereocenters. The smallest absolute Gasteiger partial charge is 0.378 e. The van der Waals surface area contributed by atoms with Crippen molar-refractivity contribution in [3.8, 4) is 0 Å². The molecule has 3 heterocycles. The maximum Gasteiger partial charge on any atom is 0.435 e. The van der Waals surface area contributed by atoms with Crippen molar-refractivity contribution in [2.24, 2.45) is 0 Å². The van der Waals surface area contributed by atoms with E-state index in [0.717, 1.165) is 21.6 Å². The molecule has 11 heteroatoms. The maximum absolute atomic E-state index is 13.6. The molecule has 1 saturated heterocycles. The molecule has 1 N–H and O–H groups in total. The number of para-hydroxylation sites is 1. The number of nitrogens with one attached hydrogen (secondary N) is 1. The van der Waals surface area contributed by atoms with Crippen LogP contribution in [0.3, 0.4) is 0 Å². The Bertz CT molecular complexity index is 1180. The fraction of sp³-hybridized carbons (Fsp3) is 0.238. The topological polar surface area (TPSA) is 93.0 Å². The monoisotopic (exact) mass is 446 g/mol. The average Bonchev–Trinajstić information content (AvgIpc) is 3.19. The van der Waals surface area contributed by atoms with E-state index in [1.807, 2.05) is 0 Å². The number of carbonyl (C=O) groups is 3. The Morgan fingerprint density at radius 3 is 2.38 bits per heavy atom. The molecule has 3 aromatic rings. The molecule has 4 rings (SSSR count). The third-order valence-corrected chi connectivity index (χ3v) is 4.90. The number of benzene rings is 1. The standard InChI is InChI=1S/C21H17F3N4O4/c22-21(23,24)18-16(17(29)20(31)27-8-10-32-11-9-27)28-7-6-13(12-15(28)26-18)19(30)25-14-4-2-1-3-5-14/h1-7,12H,8-11H2,(H,25,30). The molecule has 1 aliphatic rings. The van der Waals surface area contributed by atoms with Gasteiger partial charge in [-0.25, -0.2) is 4.98 Å². The summed E-state index contributed by atoms with van der Waals surface area (Å²) in [6.45, 7) is 0.593. The second kappa shape index (κ2) is 8.42. The van der Waals surface area contributed by atoms with Crippen molar-refractivity contribution < 1.29 is 32.3 Å². The first-order chi connectivity index (χ1) is 15.3. The molecule has 2 amide bonds. The predicted molar refractivity (Wildman–Crippen MR) is 106 cm³/mol. The number of ketones is 1. The van der Waals surface area contributed by atoms with Crippen LogP contribution in [-0.4, -0.2) is 58.2 Å². The number of anilines is 1. The number of amides is 2. The summed E-state index contributed by atoms with van der Waals surface area (Å²) in [6.07, 6.45) is -3.86. The van der Waals surface area contributed by atoms with E-state index in [4.69, 9.17) is 4.74 Å². The molecule has 0 saturated carbocycles. The first-order valence-corrected chi connectivity index (χ1v) is 9.63. The summed E-state index contributed by atoms with van der Waals surface area (Å²) < 4.78 is 46.9. The number of imidazole rings is 1. The van der Waals surface area contributed by atoms with E-state index in [9.17, 15) is 27.6 Å². The van der Waals surface area contributed by atoms with Gasteiger partial charge in [-0.1, -0.05) is 18.2 Å². The number of morpholine rings is 1. The van der Waals surface area contributed by atoms with Crippen molar-refractivity contribution >= 4 is 28.9 Å². The van der Waals surface area contributed by atoms with Crippen LogP contribution in [0.5, 0.6) is 0 Å². The summed E-state index contributed by atoms with van der Waals surface area (Å²) in [7, 11) is 0. The number of alkyl halides is 3. The van der Waals surface area contributed by atoms with Crippen LogP contribution in [0.1, 0.15) is 26.5 Å². The molecule has 1 aromatic carbocycles. The molecule has 0 bridgehead atoms. The average molecular weight is 446 g/mol. The van der Waals surface area contributed by atoms with Gasteiger partial charge >= 0.3 is 6.18 Å². The Balaban J connectivity index is 1.71. The number of ether oxygens (including phenoxy) is 1. The lowest BCUT2D eigenvalue weighted by atomic mass is 10.2. The Morgan fingerprint density at radius 1 is 1.03 bits per heavy atom. The van der Waals surface area contributed by atoms with Gasteiger partial charge in [0.15, 0.2) is 5.69 Å². The summed E-state index contributed by atoms with van der Waals surface area (Å²) in [6, 6.07) is 10.9. The van der Waals surface area contributed by atoms with Gasteiger partial charge in [0.05, 0.1) is 13.2 Å². The molecule has 0 radical (unpaired) electrons. The fourth-order valence-corrected chi connectivity index (χ4v) is 3.34. The number of hydrogen-bond donors (Lipinski definition) is 1. The molecule has 1 fully saturated rings. The van der Waals surface area contributed by atoms with Crippen molar-refractivity contribution in [3.05, 3.63) is 65.6 Å². The lowest BCUT2D eigenvalue weighted by Gasteiger charge is -2.26. The third kappa shape index (κ3) is 4.19. The van der Waals surface area contributed by atoms with E-state index in [0.29, 0.717) is 5.69 Å². The minimum atomic E-state index is -4.98. The van der Waals surface area contributed by atoms with Gasteiger partial charge in [-0.3, -0.25) is 18.8 Å². The zero-order valence-electron chi connectivity index (χ0n) is 16.6. The summed E-state index contributed by atoms with van der Waals surface area (Å²) >= 11 is 0. The zero-order chi connectivity index (χ0) is 22.9. The van der Waals surface area contributed by atoms with Crippen LogP contribution in [0.4, 0.5) is 18.9 Å². The van der Waals surface area contributed by atoms with E-state index in [1.165, 1.54) is 6.07 Å². The number of nitrogens with zero attached hydrogens (tertiary/aromatic N) is 3. The maximum atomic E-state index is 13.6. The van der Waals surface area contributed by atoms with E-state index in [2.05, 4.69) is 10.3 Å². The number of Topliss-reactive ketones (excluding diaryl/α,β-unsaturated/α-hetero) is 1. The van der Waals surface area contributed by atoms with Gasteiger partial charge in [-0.15, -0.1) is 0 Å². The highest BCUT2D eigenvalue weighted by Gasteiger charge is 2.42. The highest BCUT2D eigenvalue weighted by molar-refractivity contribution is 6.42. The number of aromatic nitrogens is 2. The normalized spacial score (nSPS) is 14.4. The molecule has 166 valence electrons. The number of fused-ring (bicyclic) bond motifs is 1.